The Hall–Kier alpha value is -1.24. The van der Waals surface area contributed by atoms with E-state index in [4.69, 9.17) is 5.26 Å². The zero-order chi connectivity index (χ0) is 12.2. The Morgan fingerprint density at radius 3 is 1.40 bits per heavy atom. The molecule has 0 heterocycles. The van der Waals surface area contributed by atoms with Crippen LogP contribution in [-0.4, -0.2) is 24.1 Å². The van der Waals surface area contributed by atoms with E-state index >= 15 is 0 Å². The zero-order valence-corrected chi connectivity index (χ0v) is 10.00. The average Bonchev–Trinajstić information content (AvgIpc) is 2.20. The van der Waals surface area contributed by atoms with Gasteiger partial charge < -0.3 is 0 Å². The molecule has 0 aromatic rings. The molecule has 0 bridgehead atoms. The first kappa shape index (κ1) is 16.2. The Labute approximate surface area is 98.5 Å². The highest BCUT2D eigenvalue weighted by atomic mass is 32.1. The third kappa shape index (κ3) is 7.80. The molecule has 0 unspecified atom stereocenters. The van der Waals surface area contributed by atoms with Gasteiger partial charge >= 0.3 is 0 Å². The van der Waals surface area contributed by atoms with Gasteiger partial charge in [-0.2, -0.15) is 5.26 Å². The highest BCUT2D eigenvalue weighted by Crippen LogP contribution is 2.07. The van der Waals surface area contributed by atoms with E-state index in [-0.39, 0.29) is 0 Å². The Kier molecular flexibility index (Phi) is 11.7. The van der Waals surface area contributed by atoms with E-state index in [1.54, 1.807) is 0 Å². The standard InChI is InChI=1S/C11H18N.CHNS/c1-5-9-12(8-4,10-6-2)11-7-3;2-1-3/h5-8H,1-4,9-11H2;3H/q+1;. The highest BCUT2D eigenvalue weighted by molar-refractivity contribution is 7.85. The van der Waals surface area contributed by atoms with Gasteiger partial charge in [0.15, 0.2) is 0 Å². The largest absolute Gasteiger partial charge is 0.288 e. The van der Waals surface area contributed by atoms with E-state index in [2.05, 4.69) is 38.9 Å². The van der Waals surface area contributed by atoms with Crippen molar-refractivity contribution in [3.63, 3.8) is 0 Å². The number of nitriles is 1. The average molecular weight is 223 g/mol. The molecule has 0 atom stereocenters. The summed E-state index contributed by atoms with van der Waals surface area (Å²) in [6.07, 6.45) is 7.61. The van der Waals surface area contributed by atoms with Crippen LogP contribution < -0.4 is 0 Å². The molecule has 0 spiro atoms. The zero-order valence-electron chi connectivity index (χ0n) is 9.10. The maximum Gasteiger partial charge on any atom is 0.130 e. The van der Waals surface area contributed by atoms with Crippen LogP contribution in [0.3, 0.4) is 0 Å². The minimum atomic E-state index is 0.760. The Bertz CT molecular complexity index is 224. The number of thiocyanates is 1. The summed E-state index contributed by atoms with van der Waals surface area (Å²) in [4.78, 5) is 0. The van der Waals surface area contributed by atoms with E-state index in [0.29, 0.717) is 0 Å². The number of thiol groups is 1. The molecule has 0 saturated heterocycles. The molecular weight excluding hydrogens is 204 g/mol. The van der Waals surface area contributed by atoms with Gasteiger partial charge in [-0.15, -0.1) is 0 Å². The van der Waals surface area contributed by atoms with Crippen molar-refractivity contribution in [3.05, 3.63) is 50.7 Å². The molecule has 3 heteroatoms. The van der Waals surface area contributed by atoms with Gasteiger partial charge in [-0.05, 0) is 24.8 Å². The van der Waals surface area contributed by atoms with Gasteiger partial charge in [0.1, 0.15) is 25.0 Å². The molecule has 2 nitrogen and oxygen atoms in total. The van der Waals surface area contributed by atoms with Crippen LogP contribution in [0.25, 0.3) is 0 Å². The molecule has 0 radical (unpaired) electrons. The van der Waals surface area contributed by atoms with Crippen LogP contribution in [0.1, 0.15) is 0 Å². The van der Waals surface area contributed by atoms with Gasteiger partial charge in [-0.25, -0.2) is 0 Å². The van der Waals surface area contributed by atoms with Crippen molar-refractivity contribution in [3.8, 4) is 5.40 Å². The third-order valence-corrected chi connectivity index (χ3v) is 1.87. The van der Waals surface area contributed by atoms with Crippen LogP contribution in [-0.2, 0) is 0 Å². The molecule has 0 aliphatic carbocycles. The summed E-state index contributed by atoms with van der Waals surface area (Å²) in [5, 5.41) is 8.63. The quantitative estimate of drug-likeness (QED) is 0.305. The fourth-order valence-electron chi connectivity index (χ4n) is 1.22. The van der Waals surface area contributed by atoms with E-state index < -0.39 is 0 Å². The monoisotopic (exact) mass is 223 g/mol. The maximum atomic E-state index is 7.18. The van der Waals surface area contributed by atoms with Crippen molar-refractivity contribution >= 4 is 12.6 Å². The van der Waals surface area contributed by atoms with E-state index in [1.807, 2.05) is 24.4 Å². The fraction of sp³-hybridized carbons (Fsp3) is 0.250. The van der Waals surface area contributed by atoms with Crippen LogP contribution in [0, 0.1) is 10.7 Å². The lowest BCUT2D eigenvalue weighted by Gasteiger charge is -2.31. The summed E-state index contributed by atoms with van der Waals surface area (Å²) in [7, 11) is 0. The van der Waals surface area contributed by atoms with E-state index in [1.165, 1.54) is 5.40 Å². The van der Waals surface area contributed by atoms with Crippen LogP contribution in [0.4, 0.5) is 0 Å². The molecule has 15 heavy (non-hydrogen) atoms. The van der Waals surface area contributed by atoms with Crippen molar-refractivity contribution in [1.29, 1.82) is 5.26 Å². The Balaban J connectivity index is 0. The number of rotatable bonds is 7. The van der Waals surface area contributed by atoms with Gasteiger partial charge in [0.2, 0.25) is 0 Å². The number of hydrogen-bond acceptors (Lipinski definition) is 2. The van der Waals surface area contributed by atoms with Crippen LogP contribution in [0.15, 0.2) is 50.7 Å². The van der Waals surface area contributed by atoms with Gasteiger partial charge in [0.25, 0.3) is 0 Å². The van der Waals surface area contributed by atoms with Crippen LogP contribution in [0.5, 0.6) is 0 Å². The van der Waals surface area contributed by atoms with Crippen molar-refractivity contribution in [2.24, 2.45) is 0 Å². The maximum absolute atomic E-state index is 7.18. The summed E-state index contributed by atoms with van der Waals surface area (Å²) in [6, 6.07) is 0. The molecule has 0 fully saturated rings. The lowest BCUT2D eigenvalue weighted by Crippen LogP contribution is -2.42. The summed E-state index contributed by atoms with van der Waals surface area (Å²) in [6.45, 7) is 17.6. The molecule has 0 aliphatic heterocycles. The second-order valence-electron chi connectivity index (χ2n) is 2.91. The molecule has 82 valence electrons. The third-order valence-electron chi connectivity index (χ3n) is 1.87. The molecule has 0 aromatic carbocycles. The number of hydrogen-bond donors (Lipinski definition) is 1. The predicted octanol–water partition coefficient (Wildman–Crippen LogP) is 2.90. The van der Waals surface area contributed by atoms with Gasteiger partial charge in [0, 0.05) is 0 Å². The van der Waals surface area contributed by atoms with Crippen molar-refractivity contribution in [2.45, 2.75) is 0 Å². The van der Waals surface area contributed by atoms with E-state index in [9.17, 15) is 0 Å². The van der Waals surface area contributed by atoms with Crippen LogP contribution in [0.2, 0.25) is 0 Å². The van der Waals surface area contributed by atoms with E-state index in [0.717, 1.165) is 24.1 Å². The molecule has 0 amide bonds. The van der Waals surface area contributed by atoms with Gasteiger partial charge in [0.05, 0.1) is 6.20 Å². The normalized spacial score (nSPS) is 8.80. The van der Waals surface area contributed by atoms with Crippen LogP contribution >= 0.6 is 12.6 Å². The molecule has 0 aliphatic rings. The number of nitrogens with zero attached hydrogens (tertiary/aromatic N) is 2. The number of quaternary nitrogens is 1. The summed E-state index contributed by atoms with van der Waals surface area (Å²) >= 11 is 3.09. The van der Waals surface area contributed by atoms with Gasteiger partial charge in [-0.1, -0.05) is 32.4 Å². The summed E-state index contributed by atoms with van der Waals surface area (Å²) < 4.78 is 0.760. The molecule has 0 rings (SSSR count). The minimum absolute atomic E-state index is 0.760. The molecule has 0 N–H and O–H groups in total. The minimum Gasteiger partial charge on any atom is -0.288 e. The SMILES string of the molecule is C=CC[N+](C=C)(CC=C)CC=C.N#CS. The fourth-order valence-corrected chi connectivity index (χ4v) is 1.22. The second kappa shape index (κ2) is 10.8. The first-order valence-corrected chi connectivity index (χ1v) is 4.96. The summed E-state index contributed by atoms with van der Waals surface area (Å²) in [5.41, 5.74) is 0. The first-order valence-electron chi connectivity index (χ1n) is 4.51. The van der Waals surface area contributed by atoms with Crippen molar-refractivity contribution in [1.82, 2.24) is 0 Å². The van der Waals surface area contributed by atoms with Crippen molar-refractivity contribution < 1.29 is 4.48 Å². The molecular formula is C12H19N2S+. The smallest absolute Gasteiger partial charge is 0.130 e. The predicted molar refractivity (Wildman–Crippen MR) is 70.2 cm³/mol. The highest BCUT2D eigenvalue weighted by Gasteiger charge is 2.17. The second-order valence-corrected chi connectivity index (χ2v) is 3.11. The Morgan fingerprint density at radius 2 is 1.27 bits per heavy atom. The summed E-state index contributed by atoms with van der Waals surface area (Å²) in [5.74, 6) is 0. The molecule has 0 aromatic heterocycles. The van der Waals surface area contributed by atoms with Crippen molar-refractivity contribution in [2.75, 3.05) is 19.6 Å². The molecule has 0 saturated carbocycles. The lowest BCUT2D eigenvalue weighted by molar-refractivity contribution is -0.861. The Morgan fingerprint density at radius 1 is 1.00 bits per heavy atom. The van der Waals surface area contributed by atoms with Gasteiger partial charge in [-0.3, -0.25) is 4.48 Å². The lowest BCUT2D eigenvalue weighted by atomic mass is 10.3. The first-order chi connectivity index (χ1) is 7.16. The topological polar surface area (TPSA) is 23.8 Å².